The van der Waals surface area contributed by atoms with Gasteiger partial charge in [-0.05, 0) is 31.4 Å². The highest BCUT2D eigenvalue weighted by Gasteiger charge is 2.42. The van der Waals surface area contributed by atoms with E-state index < -0.39 is 5.97 Å². The second kappa shape index (κ2) is 4.62. The standard InChI is InChI=1S/C13H15N3O3/c17-12(9-5-7-1-3-10(9)15-7)16-8-2-4-11(13(18)19)14-6-8/h2,4,6-7,9-10,15H,1,3,5H2,(H,16,17)(H,18,19). The minimum Gasteiger partial charge on any atom is -0.477 e. The number of nitrogens with zero attached hydrogens (tertiary/aromatic N) is 1. The lowest BCUT2D eigenvalue weighted by atomic mass is 9.88. The van der Waals surface area contributed by atoms with E-state index in [2.05, 4.69) is 15.6 Å². The van der Waals surface area contributed by atoms with E-state index in [1.807, 2.05) is 0 Å². The van der Waals surface area contributed by atoms with Gasteiger partial charge in [0.05, 0.1) is 17.8 Å². The van der Waals surface area contributed by atoms with Crippen molar-refractivity contribution in [2.45, 2.75) is 31.3 Å². The number of nitrogens with one attached hydrogen (secondary N) is 2. The van der Waals surface area contributed by atoms with Crippen LogP contribution in [0.2, 0.25) is 0 Å². The summed E-state index contributed by atoms with van der Waals surface area (Å²) in [5.41, 5.74) is 0.511. The minimum absolute atomic E-state index is 0.00965. The van der Waals surface area contributed by atoms with Crippen LogP contribution in [0.3, 0.4) is 0 Å². The van der Waals surface area contributed by atoms with Crippen LogP contribution in [0.5, 0.6) is 0 Å². The molecule has 6 nitrogen and oxygen atoms in total. The Kier molecular flexibility index (Phi) is 2.94. The van der Waals surface area contributed by atoms with Gasteiger partial charge in [0, 0.05) is 12.1 Å². The molecular formula is C13H15N3O3. The van der Waals surface area contributed by atoms with Crippen molar-refractivity contribution in [3.8, 4) is 0 Å². The number of carbonyl (C=O) groups excluding carboxylic acids is 1. The summed E-state index contributed by atoms with van der Waals surface area (Å²) in [6.45, 7) is 0. The predicted octanol–water partition coefficient (Wildman–Crippen LogP) is 0.859. The molecule has 3 atom stereocenters. The van der Waals surface area contributed by atoms with Crippen LogP contribution < -0.4 is 10.6 Å². The highest BCUT2D eigenvalue weighted by atomic mass is 16.4. The normalized spacial score (nSPS) is 28.3. The molecular weight excluding hydrogens is 246 g/mol. The van der Waals surface area contributed by atoms with Crippen LogP contribution in [0, 0.1) is 5.92 Å². The van der Waals surface area contributed by atoms with E-state index in [1.54, 1.807) is 6.07 Å². The molecule has 0 saturated carbocycles. The second-order valence-electron chi connectivity index (χ2n) is 5.12. The summed E-state index contributed by atoms with van der Waals surface area (Å²) in [5, 5.41) is 15.0. The van der Waals surface area contributed by atoms with Gasteiger partial charge in [0.25, 0.3) is 0 Å². The van der Waals surface area contributed by atoms with Crippen molar-refractivity contribution in [3.05, 3.63) is 24.0 Å². The fraction of sp³-hybridized carbons (Fsp3) is 0.462. The van der Waals surface area contributed by atoms with Crippen LogP contribution in [-0.2, 0) is 4.79 Å². The molecule has 1 aromatic heterocycles. The van der Waals surface area contributed by atoms with Crippen molar-refractivity contribution in [1.82, 2.24) is 10.3 Å². The van der Waals surface area contributed by atoms with Gasteiger partial charge in [-0.15, -0.1) is 0 Å². The van der Waals surface area contributed by atoms with E-state index in [-0.39, 0.29) is 23.6 Å². The van der Waals surface area contributed by atoms with E-state index in [1.165, 1.54) is 12.3 Å². The Hall–Kier alpha value is -1.95. The minimum atomic E-state index is -1.07. The van der Waals surface area contributed by atoms with Gasteiger partial charge >= 0.3 is 5.97 Å². The first-order valence-electron chi connectivity index (χ1n) is 6.40. The number of aromatic nitrogens is 1. The largest absolute Gasteiger partial charge is 0.477 e. The summed E-state index contributed by atoms with van der Waals surface area (Å²) in [7, 11) is 0. The molecule has 2 fully saturated rings. The van der Waals surface area contributed by atoms with E-state index >= 15 is 0 Å². The first kappa shape index (κ1) is 12.1. The number of carbonyl (C=O) groups is 2. The van der Waals surface area contributed by atoms with Crippen LogP contribution >= 0.6 is 0 Å². The maximum Gasteiger partial charge on any atom is 0.354 e. The summed E-state index contributed by atoms with van der Waals surface area (Å²) in [5.74, 6) is -1.07. The number of hydrogen-bond acceptors (Lipinski definition) is 4. The molecule has 0 spiro atoms. The topological polar surface area (TPSA) is 91.3 Å². The zero-order chi connectivity index (χ0) is 13.4. The van der Waals surface area contributed by atoms with Crippen molar-refractivity contribution in [2.75, 3.05) is 5.32 Å². The van der Waals surface area contributed by atoms with Crippen molar-refractivity contribution in [3.63, 3.8) is 0 Å². The second-order valence-corrected chi connectivity index (χ2v) is 5.12. The number of aromatic carboxylic acids is 1. The number of pyridine rings is 1. The van der Waals surface area contributed by atoms with E-state index in [9.17, 15) is 9.59 Å². The summed E-state index contributed by atoms with van der Waals surface area (Å²) in [6.07, 6.45) is 4.47. The molecule has 6 heteroatoms. The maximum absolute atomic E-state index is 12.1. The van der Waals surface area contributed by atoms with Gasteiger partial charge in [0.15, 0.2) is 0 Å². The average molecular weight is 261 g/mol. The third-order valence-corrected chi connectivity index (χ3v) is 3.89. The first-order valence-corrected chi connectivity index (χ1v) is 6.40. The van der Waals surface area contributed by atoms with Crippen LogP contribution in [-0.4, -0.2) is 34.1 Å². The molecule has 100 valence electrons. The van der Waals surface area contributed by atoms with Crippen LogP contribution in [0.15, 0.2) is 18.3 Å². The van der Waals surface area contributed by atoms with Crippen molar-refractivity contribution < 1.29 is 14.7 Å². The van der Waals surface area contributed by atoms with Gasteiger partial charge in [-0.1, -0.05) is 0 Å². The number of rotatable bonds is 3. The molecule has 3 heterocycles. The van der Waals surface area contributed by atoms with E-state index in [0.717, 1.165) is 19.3 Å². The van der Waals surface area contributed by atoms with Crippen molar-refractivity contribution in [2.24, 2.45) is 5.92 Å². The molecule has 2 aliphatic rings. The van der Waals surface area contributed by atoms with E-state index in [4.69, 9.17) is 5.11 Å². The van der Waals surface area contributed by atoms with E-state index in [0.29, 0.717) is 11.7 Å². The maximum atomic E-state index is 12.1. The lowest BCUT2D eigenvalue weighted by Gasteiger charge is -2.19. The number of anilines is 1. The zero-order valence-electron chi connectivity index (χ0n) is 10.3. The lowest BCUT2D eigenvalue weighted by Crippen LogP contribution is -2.32. The molecule has 1 aromatic rings. The van der Waals surface area contributed by atoms with Crippen LogP contribution in [0.25, 0.3) is 0 Å². The summed E-state index contributed by atoms with van der Waals surface area (Å²) in [6, 6.07) is 3.72. The van der Waals surface area contributed by atoms with Gasteiger partial charge in [-0.25, -0.2) is 9.78 Å². The SMILES string of the molecule is O=C(O)c1ccc(NC(=O)C2CC3CCC2N3)cn1. The number of hydrogen-bond donors (Lipinski definition) is 3. The Bertz CT molecular complexity index is 514. The van der Waals surface area contributed by atoms with Crippen molar-refractivity contribution >= 4 is 17.6 Å². The molecule has 0 aliphatic carbocycles. The molecule has 0 aromatic carbocycles. The third-order valence-electron chi connectivity index (χ3n) is 3.89. The molecule has 2 aliphatic heterocycles. The summed E-state index contributed by atoms with van der Waals surface area (Å²) >= 11 is 0. The molecule has 0 radical (unpaired) electrons. The van der Waals surface area contributed by atoms with Crippen molar-refractivity contribution in [1.29, 1.82) is 0 Å². The molecule has 3 unspecified atom stereocenters. The fourth-order valence-corrected chi connectivity index (χ4v) is 2.94. The first-order chi connectivity index (χ1) is 9.13. The Morgan fingerprint density at radius 3 is 2.74 bits per heavy atom. The summed E-state index contributed by atoms with van der Waals surface area (Å²) < 4.78 is 0. The molecule has 3 rings (SSSR count). The number of fused-ring (bicyclic) bond motifs is 2. The third kappa shape index (κ3) is 2.31. The molecule has 3 N–H and O–H groups in total. The highest BCUT2D eigenvalue weighted by Crippen LogP contribution is 2.33. The predicted molar refractivity (Wildman–Crippen MR) is 67.9 cm³/mol. The Morgan fingerprint density at radius 2 is 2.21 bits per heavy atom. The Balaban J connectivity index is 1.64. The number of carboxylic acids is 1. The van der Waals surface area contributed by atoms with Gasteiger partial charge in [-0.3, -0.25) is 4.79 Å². The van der Waals surface area contributed by atoms with Crippen LogP contribution in [0.1, 0.15) is 29.8 Å². The van der Waals surface area contributed by atoms with Gasteiger partial charge < -0.3 is 15.7 Å². The Labute approximate surface area is 110 Å². The summed E-state index contributed by atoms with van der Waals surface area (Å²) in [4.78, 5) is 26.6. The zero-order valence-corrected chi connectivity index (χ0v) is 10.3. The van der Waals surface area contributed by atoms with Gasteiger partial charge in [-0.2, -0.15) is 0 Å². The van der Waals surface area contributed by atoms with Gasteiger partial charge in [0.2, 0.25) is 5.91 Å². The number of carboxylic acid groups (broad SMARTS) is 1. The van der Waals surface area contributed by atoms with Crippen LogP contribution in [0.4, 0.5) is 5.69 Å². The highest BCUT2D eigenvalue weighted by molar-refractivity contribution is 5.93. The molecule has 19 heavy (non-hydrogen) atoms. The lowest BCUT2D eigenvalue weighted by molar-refractivity contribution is -0.120. The molecule has 2 saturated heterocycles. The fourth-order valence-electron chi connectivity index (χ4n) is 2.94. The quantitative estimate of drug-likeness (QED) is 0.750. The number of amides is 1. The molecule has 1 amide bonds. The smallest absolute Gasteiger partial charge is 0.354 e. The van der Waals surface area contributed by atoms with Gasteiger partial charge in [0.1, 0.15) is 5.69 Å². The Morgan fingerprint density at radius 1 is 1.37 bits per heavy atom. The molecule has 2 bridgehead atoms. The average Bonchev–Trinajstić information content (AvgIpc) is 3.01. The monoisotopic (exact) mass is 261 g/mol.